The van der Waals surface area contributed by atoms with Gasteiger partial charge < -0.3 is 15.2 Å². The number of methoxy groups -OCH3 is 1. The van der Waals surface area contributed by atoms with Crippen molar-refractivity contribution in [2.45, 2.75) is 19.3 Å². The first kappa shape index (κ1) is 16.9. The smallest absolute Gasteiger partial charge is 0.306 e. The molecule has 0 aromatic carbocycles. The molecule has 1 unspecified atom stereocenters. The van der Waals surface area contributed by atoms with E-state index in [1.54, 1.807) is 29.2 Å². The lowest BCUT2D eigenvalue weighted by Gasteiger charge is -2.19. The molecule has 0 aliphatic heterocycles. The number of hydrogen-bond acceptors (Lipinski definition) is 7. The number of thiophene rings is 1. The van der Waals surface area contributed by atoms with Gasteiger partial charge in [0.15, 0.2) is 5.75 Å². The van der Waals surface area contributed by atoms with Crippen molar-refractivity contribution in [2.75, 3.05) is 12.4 Å². The number of aromatic nitrogens is 4. The summed E-state index contributed by atoms with van der Waals surface area (Å²) in [5, 5.41) is 18.0. The Kier molecular flexibility index (Phi) is 3.90. The zero-order valence-electron chi connectivity index (χ0n) is 15.0. The summed E-state index contributed by atoms with van der Waals surface area (Å²) in [6.45, 7) is 0. The average molecular weight is 395 g/mol. The predicted octanol–water partition coefficient (Wildman–Crippen LogP) is 3.28. The fourth-order valence-corrected chi connectivity index (χ4v) is 5.09. The van der Waals surface area contributed by atoms with Crippen LogP contribution in [0.1, 0.15) is 16.9 Å². The van der Waals surface area contributed by atoms with Gasteiger partial charge in [-0.15, -0.1) is 11.3 Å². The number of carboxylic acids is 1. The molecule has 0 radical (unpaired) electrons. The van der Waals surface area contributed by atoms with Gasteiger partial charge in [-0.3, -0.25) is 4.79 Å². The van der Waals surface area contributed by atoms with Crippen molar-refractivity contribution in [3.63, 3.8) is 0 Å². The van der Waals surface area contributed by atoms with E-state index in [0.717, 1.165) is 31.9 Å². The number of pyridine rings is 1. The van der Waals surface area contributed by atoms with Crippen molar-refractivity contribution < 1.29 is 14.6 Å². The van der Waals surface area contributed by atoms with Gasteiger partial charge in [0.05, 0.1) is 30.3 Å². The zero-order valence-corrected chi connectivity index (χ0v) is 15.9. The van der Waals surface area contributed by atoms with Gasteiger partial charge in [-0.1, -0.05) is 0 Å². The third-order valence-corrected chi connectivity index (χ3v) is 6.34. The van der Waals surface area contributed by atoms with Gasteiger partial charge in [-0.2, -0.15) is 5.10 Å². The molecule has 0 bridgehead atoms. The monoisotopic (exact) mass is 395 g/mol. The van der Waals surface area contributed by atoms with Crippen LogP contribution in [0.15, 0.2) is 30.9 Å². The van der Waals surface area contributed by atoms with E-state index in [4.69, 9.17) is 4.74 Å². The molecule has 5 rings (SSSR count). The van der Waals surface area contributed by atoms with Crippen molar-refractivity contribution in [1.29, 1.82) is 0 Å². The molecular weight excluding hydrogens is 378 g/mol. The van der Waals surface area contributed by atoms with Crippen LogP contribution in [-0.2, 0) is 17.6 Å². The van der Waals surface area contributed by atoms with Gasteiger partial charge in [0, 0.05) is 11.1 Å². The fourth-order valence-electron chi connectivity index (χ4n) is 3.83. The molecule has 1 aliphatic rings. The summed E-state index contributed by atoms with van der Waals surface area (Å²) in [6, 6.07) is 3.78. The first-order chi connectivity index (χ1) is 13.7. The highest BCUT2D eigenvalue weighted by molar-refractivity contribution is 7.19. The van der Waals surface area contributed by atoms with Crippen LogP contribution in [0.4, 0.5) is 11.5 Å². The standard InChI is InChI=1S/C19H17N5O3S/c1-27-16-12(5-7-24-13(16)4-6-22-24)23-17-15-11-3-2-10(19(25)26)8-14(11)28-18(15)21-9-20-17/h4-7,9-10H,2-3,8H2,1H3,(H,25,26)(H,20,21,23). The molecule has 1 atom stereocenters. The number of carbonyl (C=O) groups is 1. The number of rotatable bonds is 4. The summed E-state index contributed by atoms with van der Waals surface area (Å²) in [4.78, 5) is 22.2. The minimum atomic E-state index is -0.730. The number of anilines is 2. The molecule has 142 valence electrons. The maximum Gasteiger partial charge on any atom is 0.306 e. The van der Waals surface area contributed by atoms with E-state index in [0.29, 0.717) is 30.8 Å². The Morgan fingerprint density at radius 2 is 2.29 bits per heavy atom. The van der Waals surface area contributed by atoms with Gasteiger partial charge in [0.2, 0.25) is 0 Å². The predicted molar refractivity (Wildman–Crippen MR) is 106 cm³/mol. The van der Waals surface area contributed by atoms with Crippen molar-refractivity contribution in [1.82, 2.24) is 19.6 Å². The van der Waals surface area contributed by atoms with Crippen LogP contribution in [0, 0.1) is 5.92 Å². The zero-order chi connectivity index (χ0) is 19.3. The quantitative estimate of drug-likeness (QED) is 0.547. The van der Waals surface area contributed by atoms with Crippen LogP contribution < -0.4 is 10.1 Å². The van der Waals surface area contributed by atoms with Crippen molar-refractivity contribution in [3.8, 4) is 5.75 Å². The van der Waals surface area contributed by atoms with E-state index in [1.165, 1.54) is 6.33 Å². The van der Waals surface area contributed by atoms with Crippen LogP contribution in [0.2, 0.25) is 0 Å². The highest BCUT2D eigenvalue weighted by Gasteiger charge is 2.29. The summed E-state index contributed by atoms with van der Waals surface area (Å²) >= 11 is 1.56. The largest absolute Gasteiger partial charge is 0.492 e. The Hall–Kier alpha value is -3.20. The lowest BCUT2D eigenvalue weighted by molar-refractivity contribution is -0.142. The van der Waals surface area contributed by atoms with Gasteiger partial charge >= 0.3 is 5.97 Å². The molecule has 0 amide bonds. The third-order valence-electron chi connectivity index (χ3n) is 5.18. The SMILES string of the molecule is COc1c(Nc2ncnc3sc4c(c23)CCC(C(=O)O)C4)ccn2nccc12. The minimum absolute atomic E-state index is 0.325. The molecule has 9 heteroatoms. The second-order valence-electron chi connectivity index (χ2n) is 6.73. The van der Waals surface area contributed by atoms with Crippen LogP contribution >= 0.6 is 11.3 Å². The molecule has 0 saturated carbocycles. The number of aryl methyl sites for hydroxylation is 1. The van der Waals surface area contributed by atoms with Crippen LogP contribution in [0.3, 0.4) is 0 Å². The summed E-state index contributed by atoms with van der Waals surface area (Å²) < 4.78 is 7.35. The summed E-state index contributed by atoms with van der Waals surface area (Å²) in [6.07, 6.45) is 7.01. The summed E-state index contributed by atoms with van der Waals surface area (Å²) in [7, 11) is 1.63. The second-order valence-corrected chi connectivity index (χ2v) is 7.82. The number of ether oxygens (including phenoxy) is 1. The first-order valence-corrected chi connectivity index (χ1v) is 9.72. The number of nitrogens with one attached hydrogen (secondary N) is 1. The summed E-state index contributed by atoms with van der Waals surface area (Å²) in [5.74, 6) is 0.334. The number of nitrogens with zero attached hydrogens (tertiary/aromatic N) is 4. The molecule has 2 N–H and O–H groups in total. The van der Waals surface area contributed by atoms with E-state index in [1.807, 2.05) is 18.3 Å². The van der Waals surface area contributed by atoms with Crippen LogP contribution in [0.25, 0.3) is 15.7 Å². The van der Waals surface area contributed by atoms with Gasteiger partial charge in [0.25, 0.3) is 0 Å². The number of aliphatic carboxylic acids is 1. The third kappa shape index (κ3) is 2.58. The van der Waals surface area contributed by atoms with E-state index in [9.17, 15) is 9.90 Å². The molecule has 0 saturated heterocycles. The molecule has 4 aromatic heterocycles. The molecular formula is C19H17N5O3S. The lowest BCUT2D eigenvalue weighted by Crippen LogP contribution is -2.21. The molecule has 0 fully saturated rings. The van der Waals surface area contributed by atoms with E-state index >= 15 is 0 Å². The van der Waals surface area contributed by atoms with Crippen molar-refractivity contribution in [2.24, 2.45) is 5.92 Å². The summed E-state index contributed by atoms with van der Waals surface area (Å²) in [5.41, 5.74) is 2.80. The van der Waals surface area contributed by atoms with Crippen molar-refractivity contribution in [3.05, 3.63) is 41.3 Å². The average Bonchev–Trinajstić information content (AvgIpc) is 3.31. The molecule has 0 spiro atoms. The molecule has 4 heterocycles. The minimum Gasteiger partial charge on any atom is -0.492 e. The maximum atomic E-state index is 11.4. The van der Waals surface area contributed by atoms with E-state index in [2.05, 4.69) is 20.4 Å². The molecule has 4 aromatic rings. The Labute approximate surface area is 163 Å². The Morgan fingerprint density at radius 1 is 1.39 bits per heavy atom. The van der Waals surface area contributed by atoms with E-state index < -0.39 is 5.97 Å². The number of fused-ring (bicyclic) bond motifs is 4. The second kappa shape index (κ2) is 6.45. The van der Waals surface area contributed by atoms with Crippen LogP contribution in [-0.4, -0.2) is 37.8 Å². The highest BCUT2D eigenvalue weighted by atomic mass is 32.1. The van der Waals surface area contributed by atoms with Gasteiger partial charge in [0.1, 0.15) is 22.5 Å². The number of carboxylic acid groups (broad SMARTS) is 1. The topological polar surface area (TPSA) is 102 Å². The molecule has 1 aliphatic carbocycles. The van der Waals surface area contributed by atoms with Gasteiger partial charge in [-0.25, -0.2) is 14.5 Å². The molecule has 8 nitrogen and oxygen atoms in total. The van der Waals surface area contributed by atoms with Crippen molar-refractivity contribution >= 4 is 44.5 Å². The Morgan fingerprint density at radius 3 is 3.11 bits per heavy atom. The van der Waals surface area contributed by atoms with Gasteiger partial charge in [-0.05, 0) is 37.0 Å². The molecule has 28 heavy (non-hydrogen) atoms. The normalized spacial score (nSPS) is 16.2. The first-order valence-electron chi connectivity index (χ1n) is 8.91. The van der Waals surface area contributed by atoms with Crippen LogP contribution in [0.5, 0.6) is 5.75 Å². The van der Waals surface area contributed by atoms with E-state index in [-0.39, 0.29) is 5.92 Å². The lowest BCUT2D eigenvalue weighted by atomic mass is 9.88. The highest BCUT2D eigenvalue weighted by Crippen LogP contribution is 2.41. The Balaban J connectivity index is 1.60. The number of hydrogen-bond donors (Lipinski definition) is 2. The Bertz CT molecular complexity index is 1220. The fraction of sp³-hybridized carbons (Fsp3) is 0.263. The maximum absolute atomic E-state index is 11.4.